The first kappa shape index (κ1) is 18.4. The molecule has 1 aromatic heterocycles. The van der Waals surface area contributed by atoms with Gasteiger partial charge in [0.05, 0.1) is 11.9 Å². The van der Waals surface area contributed by atoms with Gasteiger partial charge in [-0.15, -0.1) is 0 Å². The summed E-state index contributed by atoms with van der Waals surface area (Å²) in [7, 11) is 0. The van der Waals surface area contributed by atoms with Gasteiger partial charge in [0.15, 0.2) is 0 Å². The van der Waals surface area contributed by atoms with Crippen LogP contribution in [0.2, 0.25) is 0 Å². The summed E-state index contributed by atoms with van der Waals surface area (Å²) in [6.07, 6.45) is 14.8. The predicted molar refractivity (Wildman–Crippen MR) is 106 cm³/mol. The van der Waals surface area contributed by atoms with E-state index in [1.807, 2.05) is 6.07 Å². The molecule has 5 rings (SSSR count). The van der Waals surface area contributed by atoms with Crippen molar-refractivity contribution < 1.29 is 14.3 Å². The average Bonchev–Trinajstić information content (AvgIpc) is 3.00. The highest BCUT2D eigenvalue weighted by Crippen LogP contribution is 2.69. The Morgan fingerprint density at radius 3 is 2.71 bits per heavy atom. The van der Waals surface area contributed by atoms with Gasteiger partial charge in [0.2, 0.25) is 0 Å². The molecule has 28 heavy (non-hydrogen) atoms. The number of rotatable bonds is 2. The molecule has 1 aromatic rings. The maximum Gasteiger partial charge on any atom is 0.335 e. The summed E-state index contributed by atoms with van der Waals surface area (Å²) < 4.78 is 5.15. The summed E-state index contributed by atoms with van der Waals surface area (Å²) in [5.74, 6) is 0.992. The van der Waals surface area contributed by atoms with E-state index in [1.165, 1.54) is 12.4 Å². The number of carbonyl (C=O) groups is 1. The summed E-state index contributed by atoms with van der Waals surface area (Å²) in [5.41, 5.74) is -0.584. The SMILES string of the molecule is CC12CCC3C(CCC4C=CCCC43C=O)C1(O)CCC2c1ccc(=O)oc1. The molecule has 0 spiro atoms. The van der Waals surface area contributed by atoms with E-state index in [4.69, 9.17) is 4.42 Å². The zero-order valence-corrected chi connectivity index (χ0v) is 16.6. The Morgan fingerprint density at radius 1 is 1.11 bits per heavy atom. The number of hydrogen-bond acceptors (Lipinski definition) is 4. The molecule has 0 bridgehead atoms. The third kappa shape index (κ3) is 2.21. The molecule has 3 saturated carbocycles. The van der Waals surface area contributed by atoms with E-state index in [9.17, 15) is 14.7 Å². The van der Waals surface area contributed by atoms with Gasteiger partial charge in [-0.1, -0.05) is 19.1 Å². The first-order chi connectivity index (χ1) is 13.4. The monoisotopic (exact) mass is 382 g/mol. The molecule has 4 heteroatoms. The molecule has 7 atom stereocenters. The first-order valence-electron chi connectivity index (χ1n) is 10.9. The summed E-state index contributed by atoms with van der Waals surface area (Å²) in [4.78, 5) is 23.8. The molecule has 1 heterocycles. The summed E-state index contributed by atoms with van der Waals surface area (Å²) in [5, 5.41) is 12.1. The molecule has 1 N–H and O–H groups in total. The molecule has 7 unspecified atom stereocenters. The van der Waals surface area contributed by atoms with Gasteiger partial charge in [-0.2, -0.15) is 0 Å². The van der Waals surface area contributed by atoms with Crippen LogP contribution in [0.25, 0.3) is 0 Å². The van der Waals surface area contributed by atoms with Crippen LogP contribution in [0.5, 0.6) is 0 Å². The standard InChI is InChI=1S/C24H30O4/c1-22-12-9-19-20(7-6-17-4-2-3-11-23(17,19)15-25)24(22,27)13-10-18(22)16-5-8-21(26)28-14-16/h2,4-5,8,14-15,17-20,27H,3,6-7,9-13H2,1H3. The van der Waals surface area contributed by atoms with Crippen LogP contribution in [-0.4, -0.2) is 17.0 Å². The molecular weight excluding hydrogens is 352 g/mol. The van der Waals surface area contributed by atoms with E-state index >= 15 is 0 Å². The van der Waals surface area contributed by atoms with Gasteiger partial charge in [-0.05, 0) is 86.7 Å². The van der Waals surface area contributed by atoms with Crippen LogP contribution < -0.4 is 5.63 Å². The van der Waals surface area contributed by atoms with Crippen LogP contribution in [0, 0.1) is 28.6 Å². The fourth-order valence-corrected chi connectivity index (χ4v) is 7.82. The Balaban J connectivity index is 1.53. The lowest BCUT2D eigenvalue weighted by Gasteiger charge is -2.61. The lowest BCUT2D eigenvalue weighted by atomic mass is 9.44. The van der Waals surface area contributed by atoms with Gasteiger partial charge in [-0.25, -0.2) is 4.79 Å². The van der Waals surface area contributed by atoms with Crippen LogP contribution in [0.3, 0.4) is 0 Å². The molecule has 0 saturated heterocycles. The second-order valence-corrected chi connectivity index (χ2v) is 9.95. The van der Waals surface area contributed by atoms with Crippen molar-refractivity contribution in [2.45, 2.75) is 69.8 Å². The minimum Gasteiger partial charge on any atom is -0.431 e. The van der Waals surface area contributed by atoms with E-state index in [1.54, 1.807) is 6.26 Å². The van der Waals surface area contributed by atoms with Crippen LogP contribution in [0.15, 0.2) is 39.8 Å². The van der Waals surface area contributed by atoms with E-state index in [0.717, 1.165) is 56.9 Å². The summed E-state index contributed by atoms with van der Waals surface area (Å²) in [6, 6.07) is 3.36. The normalized spacial score (nSPS) is 47.1. The minimum absolute atomic E-state index is 0.180. The topological polar surface area (TPSA) is 67.5 Å². The Bertz CT molecular complexity index is 851. The number of hydrogen-bond donors (Lipinski definition) is 1. The van der Waals surface area contributed by atoms with Crippen molar-refractivity contribution in [1.82, 2.24) is 0 Å². The smallest absolute Gasteiger partial charge is 0.335 e. The summed E-state index contributed by atoms with van der Waals surface area (Å²) in [6.45, 7) is 2.23. The van der Waals surface area contributed by atoms with Gasteiger partial charge in [-0.3, -0.25) is 0 Å². The Morgan fingerprint density at radius 2 is 1.96 bits per heavy atom. The van der Waals surface area contributed by atoms with Crippen LogP contribution in [0.4, 0.5) is 0 Å². The van der Waals surface area contributed by atoms with Gasteiger partial charge in [0.25, 0.3) is 0 Å². The van der Waals surface area contributed by atoms with Gasteiger partial charge in [0.1, 0.15) is 6.29 Å². The second kappa shape index (κ2) is 6.16. The predicted octanol–water partition coefficient (Wildman–Crippen LogP) is 4.23. The van der Waals surface area contributed by atoms with Crippen molar-refractivity contribution in [3.8, 4) is 0 Å². The van der Waals surface area contributed by atoms with Crippen molar-refractivity contribution in [3.63, 3.8) is 0 Å². The zero-order valence-electron chi connectivity index (χ0n) is 16.6. The number of aldehydes is 1. The van der Waals surface area contributed by atoms with Crippen LogP contribution >= 0.6 is 0 Å². The van der Waals surface area contributed by atoms with E-state index in [0.29, 0.717) is 5.92 Å². The fraction of sp³-hybridized carbons (Fsp3) is 0.667. The molecule has 4 aliphatic carbocycles. The fourth-order valence-electron chi connectivity index (χ4n) is 7.82. The number of allylic oxidation sites excluding steroid dienone is 2. The van der Waals surface area contributed by atoms with Crippen molar-refractivity contribution in [1.29, 1.82) is 0 Å². The molecule has 0 amide bonds. The van der Waals surface area contributed by atoms with E-state index < -0.39 is 5.60 Å². The second-order valence-electron chi connectivity index (χ2n) is 9.95. The highest BCUT2D eigenvalue weighted by Gasteiger charge is 2.67. The summed E-state index contributed by atoms with van der Waals surface area (Å²) >= 11 is 0. The average molecular weight is 383 g/mol. The van der Waals surface area contributed by atoms with Crippen molar-refractivity contribution in [2.75, 3.05) is 0 Å². The Hall–Kier alpha value is -1.68. The maximum absolute atomic E-state index is 12.4. The zero-order chi connectivity index (χ0) is 19.6. The quantitative estimate of drug-likeness (QED) is 0.614. The van der Waals surface area contributed by atoms with Gasteiger partial charge in [0, 0.05) is 16.9 Å². The van der Waals surface area contributed by atoms with Crippen molar-refractivity contribution in [3.05, 3.63) is 46.5 Å². The van der Waals surface area contributed by atoms with Gasteiger partial charge >= 0.3 is 5.63 Å². The lowest BCUT2D eigenvalue weighted by molar-refractivity contribution is -0.194. The molecule has 3 fully saturated rings. The van der Waals surface area contributed by atoms with Gasteiger partial charge < -0.3 is 14.3 Å². The molecule has 4 aliphatic rings. The lowest BCUT2D eigenvalue weighted by Crippen LogP contribution is -2.62. The molecule has 4 nitrogen and oxygen atoms in total. The number of aliphatic hydroxyl groups is 1. The van der Waals surface area contributed by atoms with Crippen LogP contribution in [0.1, 0.15) is 69.8 Å². The third-order valence-electron chi connectivity index (χ3n) is 9.27. The maximum atomic E-state index is 12.4. The van der Waals surface area contributed by atoms with Crippen molar-refractivity contribution in [2.24, 2.45) is 28.6 Å². The Kier molecular flexibility index (Phi) is 4.04. The third-order valence-corrected chi connectivity index (χ3v) is 9.27. The van der Waals surface area contributed by atoms with Crippen molar-refractivity contribution >= 4 is 6.29 Å². The highest BCUT2D eigenvalue weighted by molar-refractivity contribution is 5.62. The van der Waals surface area contributed by atoms with E-state index in [2.05, 4.69) is 19.1 Å². The molecule has 150 valence electrons. The molecule has 0 aliphatic heterocycles. The molecule has 0 aromatic carbocycles. The molecular formula is C24H30O4. The minimum atomic E-state index is -0.751. The molecule has 0 radical (unpaired) electrons. The largest absolute Gasteiger partial charge is 0.431 e. The van der Waals surface area contributed by atoms with Crippen LogP contribution in [-0.2, 0) is 4.79 Å². The first-order valence-corrected chi connectivity index (χ1v) is 10.9. The number of carbonyl (C=O) groups excluding carboxylic acids is 1. The van der Waals surface area contributed by atoms with E-state index in [-0.39, 0.29) is 34.2 Å². The Labute approximate surface area is 166 Å². The highest BCUT2D eigenvalue weighted by atomic mass is 16.4. The number of fused-ring (bicyclic) bond motifs is 5.